The van der Waals surface area contributed by atoms with Crippen molar-refractivity contribution in [2.75, 3.05) is 13.1 Å². The van der Waals surface area contributed by atoms with Crippen LogP contribution < -0.4 is 5.32 Å². The molecule has 0 radical (unpaired) electrons. The van der Waals surface area contributed by atoms with Gasteiger partial charge in [0, 0.05) is 18.2 Å². The summed E-state index contributed by atoms with van der Waals surface area (Å²) in [6.45, 7) is 2.12. The maximum atomic E-state index is 5.38. The molecule has 0 spiro atoms. The summed E-state index contributed by atoms with van der Waals surface area (Å²) in [5.74, 6) is 1.98. The highest BCUT2D eigenvalue weighted by molar-refractivity contribution is 5.64. The molecule has 2 N–H and O–H groups in total. The predicted molar refractivity (Wildman–Crippen MR) is 82.0 cm³/mol. The second kappa shape index (κ2) is 5.73. The molecule has 0 aliphatic carbocycles. The molecule has 6 heteroatoms. The molecule has 1 atom stereocenters. The van der Waals surface area contributed by atoms with Crippen LogP contribution in [0.2, 0.25) is 0 Å². The zero-order valence-electron chi connectivity index (χ0n) is 12.1. The molecule has 0 saturated carbocycles. The molecule has 1 aliphatic heterocycles. The number of rotatable bonds is 4. The fraction of sp³-hybridized carbons (Fsp3) is 0.312. The van der Waals surface area contributed by atoms with E-state index < -0.39 is 0 Å². The zero-order valence-corrected chi connectivity index (χ0v) is 12.1. The van der Waals surface area contributed by atoms with Crippen molar-refractivity contribution < 1.29 is 4.52 Å². The van der Waals surface area contributed by atoms with Gasteiger partial charge >= 0.3 is 0 Å². The van der Waals surface area contributed by atoms with Crippen LogP contribution >= 0.6 is 0 Å². The van der Waals surface area contributed by atoms with Gasteiger partial charge in [-0.15, -0.1) is 0 Å². The largest absolute Gasteiger partial charge is 0.339 e. The zero-order chi connectivity index (χ0) is 14.8. The lowest BCUT2D eigenvalue weighted by Crippen LogP contribution is -2.10. The minimum absolute atomic E-state index is 0.607. The Morgan fingerprint density at radius 2 is 2.00 bits per heavy atom. The quantitative estimate of drug-likeness (QED) is 0.772. The van der Waals surface area contributed by atoms with Crippen LogP contribution in [-0.4, -0.2) is 33.4 Å². The molecule has 4 rings (SSSR count). The van der Waals surface area contributed by atoms with E-state index in [-0.39, 0.29) is 0 Å². The number of hydrogen-bond acceptors (Lipinski definition) is 5. The standard InChI is InChI=1S/C16H17N5O/c1-3-13(4-2-12(1)14-6-8-18-20-14)16-19-15(22-21-16)9-11-5-7-17-10-11/h1-4,6,8,11,17H,5,7,9-10H2,(H,18,20)/t11-/m0/s1. The second-order valence-electron chi connectivity index (χ2n) is 5.62. The van der Waals surface area contributed by atoms with Crippen LogP contribution in [0.3, 0.4) is 0 Å². The molecule has 112 valence electrons. The highest BCUT2D eigenvalue weighted by Gasteiger charge is 2.18. The van der Waals surface area contributed by atoms with Gasteiger partial charge < -0.3 is 9.84 Å². The van der Waals surface area contributed by atoms with Crippen LogP contribution in [0.4, 0.5) is 0 Å². The molecule has 0 unspecified atom stereocenters. The fourth-order valence-electron chi connectivity index (χ4n) is 2.81. The topological polar surface area (TPSA) is 79.6 Å². The summed E-state index contributed by atoms with van der Waals surface area (Å²) >= 11 is 0. The highest BCUT2D eigenvalue weighted by Crippen LogP contribution is 2.22. The first-order chi connectivity index (χ1) is 10.9. The van der Waals surface area contributed by atoms with Gasteiger partial charge in [-0.25, -0.2) is 0 Å². The molecule has 1 saturated heterocycles. The molecule has 0 amide bonds. The van der Waals surface area contributed by atoms with Crippen molar-refractivity contribution in [2.45, 2.75) is 12.8 Å². The summed E-state index contributed by atoms with van der Waals surface area (Å²) in [6, 6.07) is 10.0. The van der Waals surface area contributed by atoms with Crippen molar-refractivity contribution in [1.29, 1.82) is 0 Å². The molecule has 1 fully saturated rings. The van der Waals surface area contributed by atoms with E-state index >= 15 is 0 Å². The Kier molecular flexibility index (Phi) is 3.44. The van der Waals surface area contributed by atoms with Crippen LogP contribution in [0, 0.1) is 5.92 Å². The van der Waals surface area contributed by atoms with E-state index in [1.807, 2.05) is 30.3 Å². The van der Waals surface area contributed by atoms with Crippen molar-refractivity contribution in [2.24, 2.45) is 5.92 Å². The lowest BCUT2D eigenvalue weighted by atomic mass is 10.1. The van der Waals surface area contributed by atoms with E-state index in [2.05, 4.69) is 25.7 Å². The Labute approximate surface area is 127 Å². The van der Waals surface area contributed by atoms with Gasteiger partial charge in [0.05, 0.1) is 5.69 Å². The number of aromatic amines is 1. The van der Waals surface area contributed by atoms with Crippen LogP contribution in [0.5, 0.6) is 0 Å². The average molecular weight is 295 g/mol. The van der Waals surface area contributed by atoms with Gasteiger partial charge in [0.15, 0.2) is 0 Å². The maximum absolute atomic E-state index is 5.38. The lowest BCUT2D eigenvalue weighted by Gasteiger charge is -2.02. The molecular formula is C16H17N5O. The highest BCUT2D eigenvalue weighted by atomic mass is 16.5. The van der Waals surface area contributed by atoms with Crippen molar-refractivity contribution in [3.63, 3.8) is 0 Å². The smallest absolute Gasteiger partial charge is 0.227 e. The lowest BCUT2D eigenvalue weighted by molar-refractivity contribution is 0.358. The van der Waals surface area contributed by atoms with Gasteiger partial charge in [-0.1, -0.05) is 29.4 Å². The van der Waals surface area contributed by atoms with Gasteiger partial charge in [0.2, 0.25) is 11.7 Å². The van der Waals surface area contributed by atoms with E-state index in [1.54, 1.807) is 6.20 Å². The summed E-state index contributed by atoms with van der Waals surface area (Å²) in [5, 5.41) is 14.4. The summed E-state index contributed by atoms with van der Waals surface area (Å²) in [6.07, 6.45) is 3.77. The van der Waals surface area contributed by atoms with E-state index in [0.717, 1.165) is 42.2 Å². The number of nitrogens with zero attached hydrogens (tertiary/aromatic N) is 3. The van der Waals surface area contributed by atoms with Gasteiger partial charge in [-0.05, 0) is 37.1 Å². The first kappa shape index (κ1) is 13.2. The third-order valence-corrected chi connectivity index (χ3v) is 4.05. The van der Waals surface area contributed by atoms with Crippen molar-refractivity contribution in [1.82, 2.24) is 25.7 Å². The molecular weight excluding hydrogens is 278 g/mol. The van der Waals surface area contributed by atoms with Crippen molar-refractivity contribution in [3.05, 3.63) is 42.4 Å². The first-order valence-electron chi connectivity index (χ1n) is 7.52. The van der Waals surface area contributed by atoms with Gasteiger partial charge in [-0.2, -0.15) is 10.1 Å². The Hall–Kier alpha value is -2.47. The summed E-state index contributed by atoms with van der Waals surface area (Å²) in [4.78, 5) is 4.51. The van der Waals surface area contributed by atoms with Crippen LogP contribution in [0.15, 0.2) is 41.1 Å². The number of aromatic nitrogens is 4. The molecule has 6 nitrogen and oxygen atoms in total. The normalized spacial score (nSPS) is 17.9. The number of H-pyrrole nitrogens is 1. The fourth-order valence-corrected chi connectivity index (χ4v) is 2.81. The molecule has 1 aromatic carbocycles. The van der Waals surface area contributed by atoms with E-state index in [0.29, 0.717) is 11.7 Å². The number of benzene rings is 1. The average Bonchev–Trinajstić information content (AvgIpc) is 3.31. The second-order valence-corrected chi connectivity index (χ2v) is 5.62. The van der Waals surface area contributed by atoms with Gasteiger partial charge in [0.25, 0.3) is 0 Å². The van der Waals surface area contributed by atoms with E-state index in [4.69, 9.17) is 4.52 Å². The Morgan fingerprint density at radius 3 is 2.73 bits per heavy atom. The Bertz CT molecular complexity index is 726. The predicted octanol–water partition coefficient (Wildman–Crippen LogP) is 2.28. The van der Waals surface area contributed by atoms with Gasteiger partial charge in [0.1, 0.15) is 0 Å². The molecule has 22 heavy (non-hydrogen) atoms. The maximum Gasteiger partial charge on any atom is 0.227 e. The van der Waals surface area contributed by atoms with Gasteiger partial charge in [-0.3, -0.25) is 5.10 Å². The summed E-state index contributed by atoms with van der Waals surface area (Å²) in [5.41, 5.74) is 3.04. The summed E-state index contributed by atoms with van der Waals surface area (Å²) < 4.78 is 5.38. The van der Waals surface area contributed by atoms with Crippen LogP contribution in [0.1, 0.15) is 12.3 Å². The molecule has 3 heterocycles. The van der Waals surface area contributed by atoms with E-state index in [9.17, 15) is 0 Å². The minimum atomic E-state index is 0.607. The molecule has 2 aromatic heterocycles. The SMILES string of the molecule is c1cc(-c2ccc(-c3noc(C[C@@H]4CCNC4)n3)cc2)[nH]n1. The Balaban J connectivity index is 1.50. The Morgan fingerprint density at radius 1 is 1.14 bits per heavy atom. The van der Waals surface area contributed by atoms with E-state index in [1.165, 1.54) is 6.42 Å². The third kappa shape index (κ3) is 2.65. The van der Waals surface area contributed by atoms with Crippen molar-refractivity contribution >= 4 is 0 Å². The molecule has 0 bridgehead atoms. The molecule has 3 aromatic rings. The first-order valence-corrected chi connectivity index (χ1v) is 7.52. The molecule has 1 aliphatic rings. The number of hydrogen-bond donors (Lipinski definition) is 2. The summed E-state index contributed by atoms with van der Waals surface area (Å²) in [7, 11) is 0. The van der Waals surface area contributed by atoms with Crippen molar-refractivity contribution in [3.8, 4) is 22.6 Å². The monoisotopic (exact) mass is 295 g/mol. The van der Waals surface area contributed by atoms with Crippen LogP contribution in [0.25, 0.3) is 22.6 Å². The minimum Gasteiger partial charge on any atom is -0.339 e. The van der Waals surface area contributed by atoms with Crippen LogP contribution in [-0.2, 0) is 6.42 Å². The number of nitrogens with one attached hydrogen (secondary N) is 2. The third-order valence-electron chi connectivity index (χ3n) is 4.05.